The van der Waals surface area contributed by atoms with E-state index in [1.807, 2.05) is 30.3 Å². The number of hydrogen-bond donors (Lipinski definition) is 3. The average molecular weight is 259 g/mol. The summed E-state index contributed by atoms with van der Waals surface area (Å²) in [6, 6.07) is 8.17. The number of carbonyl (C=O) groups is 2. The maximum atomic E-state index is 11.8. The lowest BCUT2D eigenvalue weighted by molar-refractivity contribution is -0.139. The first-order valence-electron chi connectivity index (χ1n) is 5.73. The van der Waals surface area contributed by atoms with Gasteiger partial charge in [-0.3, -0.25) is 9.89 Å². The molecule has 3 N–H and O–H groups in total. The van der Waals surface area contributed by atoms with Crippen LogP contribution in [-0.2, 0) is 11.2 Å². The highest BCUT2D eigenvalue weighted by Gasteiger charge is 2.21. The Morgan fingerprint density at radius 1 is 1.32 bits per heavy atom. The number of rotatable bonds is 5. The number of aromatic amines is 1. The molecule has 19 heavy (non-hydrogen) atoms. The minimum absolute atomic E-state index is 0.236. The summed E-state index contributed by atoms with van der Waals surface area (Å²) in [4.78, 5) is 22.9. The quantitative estimate of drug-likeness (QED) is 0.741. The van der Waals surface area contributed by atoms with Gasteiger partial charge in [-0.15, -0.1) is 0 Å². The lowest BCUT2D eigenvalue weighted by Crippen LogP contribution is -2.42. The Morgan fingerprint density at radius 2 is 2.05 bits per heavy atom. The minimum Gasteiger partial charge on any atom is -0.480 e. The molecule has 0 aliphatic carbocycles. The summed E-state index contributed by atoms with van der Waals surface area (Å²) < 4.78 is 0. The molecule has 0 saturated carbocycles. The number of nitrogens with one attached hydrogen (secondary N) is 2. The normalized spacial score (nSPS) is 11.8. The van der Waals surface area contributed by atoms with Crippen molar-refractivity contribution in [3.63, 3.8) is 0 Å². The van der Waals surface area contributed by atoms with E-state index >= 15 is 0 Å². The zero-order chi connectivity index (χ0) is 13.7. The molecule has 0 unspecified atom stereocenters. The van der Waals surface area contributed by atoms with Gasteiger partial charge in [0.05, 0.1) is 11.8 Å². The molecule has 0 saturated heterocycles. The second-order valence-electron chi connectivity index (χ2n) is 4.04. The van der Waals surface area contributed by atoms with Gasteiger partial charge in [-0.1, -0.05) is 30.3 Å². The highest BCUT2D eigenvalue weighted by molar-refractivity contribution is 5.96. The Kier molecular flexibility index (Phi) is 3.92. The molecular formula is C13H13N3O3. The van der Waals surface area contributed by atoms with Crippen molar-refractivity contribution in [3.8, 4) is 0 Å². The largest absolute Gasteiger partial charge is 0.480 e. The molecule has 0 spiro atoms. The molecule has 0 radical (unpaired) electrons. The fraction of sp³-hybridized carbons (Fsp3) is 0.154. The van der Waals surface area contributed by atoms with E-state index in [1.165, 1.54) is 12.4 Å². The number of carbonyl (C=O) groups excluding carboxylic acids is 1. The van der Waals surface area contributed by atoms with Crippen LogP contribution in [-0.4, -0.2) is 33.2 Å². The smallest absolute Gasteiger partial charge is 0.326 e. The number of aliphatic carboxylic acids is 1. The molecule has 1 aromatic carbocycles. The van der Waals surface area contributed by atoms with Gasteiger partial charge >= 0.3 is 5.97 Å². The second kappa shape index (κ2) is 5.81. The van der Waals surface area contributed by atoms with Crippen LogP contribution in [0, 0.1) is 0 Å². The van der Waals surface area contributed by atoms with E-state index in [1.54, 1.807) is 0 Å². The fourth-order valence-corrected chi connectivity index (χ4v) is 1.67. The molecule has 6 nitrogen and oxygen atoms in total. The van der Waals surface area contributed by atoms with Crippen molar-refractivity contribution in [2.75, 3.05) is 0 Å². The van der Waals surface area contributed by atoms with Crippen molar-refractivity contribution in [2.45, 2.75) is 12.5 Å². The van der Waals surface area contributed by atoms with E-state index in [2.05, 4.69) is 15.5 Å². The summed E-state index contributed by atoms with van der Waals surface area (Å²) in [6.45, 7) is 0. The topological polar surface area (TPSA) is 95.1 Å². The van der Waals surface area contributed by atoms with Crippen molar-refractivity contribution in [3.05, 3.63) is 53.9 Å². The predicted octanol–water partition coefficient (Wildman–Crippen LogP) is 0.835. The zero-order valence-corrected chi connectivity index (χ0v) is 10.0. The van der Waals surface area contributed by atoms with Gasteiger partial charge in [-0.25, -0.2) is 4.79 Å². The van der Waals surface area contributed by atoms with Gasteiger partial charge in [0.1, 0.15) is 6.04 Å². The van der Waals surface area contributed by atoms with Crippen LogP contribution in [0.15, 0.2) is 42.7 Å². The molecule has 0 fully saturated rings. The summed E-state index contributed by atoms with van der Waals surface area (Å²) in [7, 11) is 0. The molecule has 0 aliphatic rings. The molecule has 2 aromatic rings. The van der Waals surface area contributed by atoms with Crippen molar-refractivity contribution in [1.82, 2.24) is 15.5 Å². The molecule has 0 aliphatic heterocycles. The van der Waals surface area contributed by atoms with Crippen LogP contribution < -0.4 is 5.32 Å². The van der Waals surface area contributed by atoms with Crippen molar-refractivity contribution in [2.24, 2.45) is 0 Å². The number of carboxylic acid groups (broad SMARTS) is 1. The third kappa shape index (κ3) is 3.41. The van der Waals surface area contributed by atoms with Gasteiger partial charge in [0.2, 0.25) is 0 Å². The first kappa shape index (κ1) is 12.8. The minimum atomic E-state index is -1.07. The van der Waals surface area contributed by atoms with Crippen LogP contribution in [0.5, 0.6) is 0 Å². The maximum Gasteiger partial charge on any atom is 0.326 e. The average Bonchev–Trinajstić information content (AvgIpc) is 2.93. The van der Waals surface area contributed by atoms with Crippen molar-refractivity contribution < 1.29 is 14.7 Å². The number of aromatic nitrogens is 2. The Hall–Kier alpha value is -2.63. The van der Waals surface area contributed by atoms with Crippen molar-refractivity contribution in [1.29, 1.82) is 0 Å². The SMILES string of the molecule is O=C(N[C@H](Cc1ccccc1)C(=O)O)c1cn[nH]c1. The molecule has 1 amide bonds. The van der Waals surface area contributed by atoms with E-state index in [4.69, 9.17) is 5.11 Å². The number of nitrogens with zero attached hydrogens (tertiary/aromatic N) is 1. The lowest BCUT2D eigenvalue weighted by atomic mass is 10.1. The second-order valence-corrected chi connectivity index (χ2v) is 4.04. The number of amides is 1. The highest BCUT2D eigenvalue weighted by atomic mass is 16.4. The van der Waals surface area contributed by atoms with E-state index in [9.17, 15) is 9.59 Å². The summed E-state index contributed by atoms with van der Waals surface area (Å²) in [5.74, 6) is -1.53. The molecule has 1 aromatic heterocycles. The summed E-state index contributed by atoms with van der Waals surface area (Å²) in [5.41, 5.74) is 1.15. The van der Waals surface area contributed by atoms with Crippen LogP contribution in [0.25, 0.3) is 0 Å². The summed E-state index contributed by atoms with van der Waals surface area (Å²) in [5, 5.41) is 17.8. The molecule has 1 heterocycles. The predicted molar refractivity (Wildman–Crippen MR) is 67.6 cm³/mol. The monoisotopic (exact) mass is 259 g/mol. The fourth-order valence-electron chi connectivity index (χ4n) is 1.67. The van der Waals surface area contributed by atoms with Gasteiger partial charge in [0.25, 0.3) is 5.91 Å². The molecule has 98 valence electrons. The van der Waals surface area contributed by atoms with Crippen LogP contribution in [0.4, 0.5) is 0 Å². The van der Waals surface area contributed by atoms with Crippen LogP contribution in [0.3, 0.4) is 0 Å². The van der Waals surface area contributed by atoms with E-state index in [-0.39, 0.29) is 6.42 Å². The van der Waals surface area contributed by atoms with Gasteiger partial charge in [0.15, 0.2) is 0 Å². The third-order valence-corrected chi connectivity index (χ3v) is 2.65. The first-order chi connectivity index (χ1) is 9.16. The van der Waals surface area contributed by atoms with E-state index in [0.29, 0.717) is 5.56 Å². The number of hydrogen-bond acceptors (Lipinski definition) is 3. The number of carboxylic acids is 1. The van der Waals surface area contributed by atoms with E-state index < -0.39 is 17.9 Å². The molecule has 6 heteroatoms. The van der Waals surface area contributed by atoms with Crippen LogP contribution in [0.1, 0.15) is 15.9 Å². The lowest BCUT2D eigenvalue weighted by Gasteiger charge is -2.13. The summed E-state index contributed by atoms with van der Waals surface area (Å²) >= 11 is 0. The Bertz CT molecular complexity index is 552. The van der Waals surface area contributed by atoms with Gasteiger partial charge < -0.3 is 10.4 Å². The number of benzene rings is 1. The Labute approximate surface area is 109 Å². The molecule has 2 rings (SSSR count). The van der Waals surface area contributed by atoms with Crippen LogP contribution in [0.2, 0.25) is 0 Å². The molecule has 0 bridgehead atoms. The van der Waals surface area contributed by atoms with Gasteiger partial charge in [-0.2, -0.15) is 5.10 Å². The van der Waals surface area contributed by atoms with Gasteiger partial charge in [-0.05, 0) is 5.56 Å². The van der Waals surface area contributed by atoms with Crippen molar-refractivity contribution >= 4 is 11.9 Å². The zero-order valence-electron chi connectivity index (χ0n) is 10.0. The molecule has 1 atom stereocenters. The number of H-pyrrole nitrogens is 1. The molecular weight excluding hydrogens is 246 g/mol. The Morgan fingerprint density at radius 3 is 2.63 bits per heavy atom. The van der Waals surface area contributed by atoms with Gasteiger partial charge in [0, 0.05) is 12.6 Å². The van der Waals surface area contributed by atoms with Crippen LogP contribution >= 0.6 is 0 Å². The Balaban J connectivity index is 2.05. The standard InChI is InChI=1S/C13H13N3O3/c17-12(10-7-14-15-8-10)16-11(13(18)19)6-9-4-2-1-3-5-9/h1-5,7-8,11H,6H2,(H,14,15)(H,16,17)(H,18,19)/t11-/m1/s1. The van der Waals surface area contributed by atoms with E-state index in [0.717, 1.165) is 5.56 Å². The maximum absolute atomic E-state index is 11.8. The first-order valence-corrected chi connectivity index (χ1v) is 5.73. The summed E-state index contributed by atoms with van der Waals surface area (Å²) in [6.07, 6.45) is 2.99. The third-order valence-electron chi connectivity index (χ3n) is 2.65. The highest BCUT2D eigenvalue weighted by Crippen LogP contribution is 2.04.